The van der Waals surface area contributed by atoms with Crippen molar-refractivity contribution < 1.29 is 27.5 Å². The van der Waals surface area contributed by atoms with Gasteiger partial charge in [-0.3, -0.25) is 14.6 Å². The van der Waals surface area contributed by atoms with Crippen molar-refractivity contribution in [2.24, 2.45) is 5.92 Å². The Labute approximate surface area is 218 Å². The highest BCUT2D eigenvalue weighted by molar-refractivity contribution is 5.94. The Hall–Kier alpha value is -3.82. The molecule has 0 radical (unpaired) electrons. The van der Waals surface area contributed by atoms with Gasteiger partial charge in [-0.05, 0) is 60.9 Å². The molecule has 10 heteroatoms. The molecule has 0 aliphatic heterocycles. The van der Waals surface area contributed by atoms with Crippen LogP contribution in [0.1, 0.15) is 65.2 Å². The summed E-state index contributed by atoms with van der Waals surface area (Å²) in [5.41, 5.74) is 2.00. The first-order valence-corrected chi connectivity index (χ1v) is 12.5. The summed E-state index contributed by atoms with van der Waals surface area (Å²) in [5.74, 6) is 0.235. The zero-order valence-electron chi connectivity index (χ0n) is 21.0. The van der Waals surface area contributed by atoms with E-state index in [2.05, 4.69) is 25.0 Å². The number of pyridine rings is 1. The summed E-state index contributed by atoms with van der Waals surface area (Å²) in [6.45, 7) is 0.180. The number of benzene rings is 1. The Morgan fingerprint density at radius 1 is 1.00 bits per heavy atom. The zero-order valence-corrected chi connectivity index (χ0v) is 21.0. The van der Waals surface area contributed by atoms with Gasteiger partial charge in [0.05, 0.1) is 24.7 Å². The van der Waals surface area contributed by atoms with Crippen LogP contribution in [0.3, 0.4) is 0 Å². The van der Waals surface area contributed by atoms with Crippen molar-refractivity contribution >= 4 is 11.9 Å². The molecule has 2 heterocycles. The van der Waals surface area contributed by atoms with Gasteiger partial charge >= 0.3 is 12.1 Å². The van der Waals surface area contributed by atoms with Gasteiger partial charge in [-0.1, -0.05) is 25.0 Å². The van der Waals surface area contributed by atoms with E-state index in [4.69, 9.17) is 0 Å². The standard InChI is InChI=1S/C28H29F3N4O3/c1-38-25(36)12-13-32-27(37)20-8-11-23(33-15-20)14-24(18-4-2-3-5-18)21-16-34-26(35-17-21)19-6-9-22(10-7-19)28(29,30)31/h6-11,15-18,24H,2-5,12-14H2,1H3,(H,32,37)/t24-/m0/s1. The van der Waals surface area contributed by atoms with E-state index in [1.165, 1.54) is 25.4 Å². The van der Waals surface area contributed by atoms with Crippen molar-refractivity contribution in [3.05, 3.63) is 77.4 Å². The third kappa shape index (κ3) is 6.93. The van der Waals surface area contributed by atoms with Crippen molar-refractivity contribution in [1.82, 2.24) is 20.3 Å². The molecule has 1 saturated carbocycles. The van der Waals surface area contributed by atoms with E-state index in [0.29, 0.717) is 29.3 Å². The average Bonchev–Trinajstić information content (AvgIpc) is 3.46. The number of carbonyl (C=O) groups excluding carboxylic acids is 2. The summed E-state index contributed by atoms with van der Waals surface area (Å²) in [6.07, 6.45) is 5.88. The largest absolute Gasteiger partial charge is 0.469 e. The Morgan fingerprint density at radius 2 is 1.68 bits per heavy atom. The van der Waals surface area contributed by atoms with Crippen LogP contribution in [0.2, 0.25) is 0 Å². The number of rotatable bonds is 9. The number of alkyl halides is 3. The zero-order chi connectivity index (χ0) is 27.1. The summed E-state index contributed by atoms with van der Waals surface area (Å²) in [4.78, 5) is 37.0. The van der Waals surface area contributed by atoms with Crippen molar-refractivity contribution in [1.29, 1.82) is 0 Å². The Morgan fingerprint density at radius 3 is 2.26 bits per heavy atom. The fourth-order valence-electron chi connectivity index (χ4n) is 4.79. The molecule has 0 bridgehead atoms. The Kier molecular flexibility index (Phi) is 8.70. The average molecular weight is 527 g/mol. The maximum absolute atomic E-state index is 12.9. The van der Waals surface area contributed by atoms with E-state index in [0.717, 1.165) is 49.1 Å². The molecule has 1 N–H and O–H groups in total. The molecule has 3 aromatic rings. The minimum absolute atomic E-state index is 0.0938. The number of esters is 1. The van der Waals surface area contributed by atoms with Crippen molar-refractivity contribution in [2.75, 3.05) is 13.7 Å². The lowest BCUT2D eigenvalue weighted by Gasteiger charge is -2.23. The topological polar surface area (TPSA) is 94.1 Å². The smallest absolute Gasteiger partial charge is 0.416 e. The van der Waals surface area contributed by atoms with Gasteiger partial charge in [0.25, 0.3) is 5.91 Å². The van der Waals surface area contributed by atoms with Crippen molar-refractivity contribution in [3.8, 4) is 11.4 Å². The summed E-state index contributed by atoms with van der Waals surface area (Å²) in [5, 5.41) is 2.67. The van der Waals surface area contributed by atoms with E-state index in [-0.39, 0.29) is 24.8 Å². The second-order valence-corrected chi connectivity index (χ2v) is 9.39. The molecule has 1 aromatic carbocycles. The van der Waals surface area contributed by atoms with E-state index < -0.39 is 17.7 Å². The fraction of sp³-hybridized carbons (Fsp3) is 0.393. The lowest BCUT2D eigenvalue weighted by atomic mass is 9.82. The lowest BCUT2D eigenvalue weighted by molar-refractivity contribution is -0.140. The van der Waals surface area contributed by atoms with Crippen LogP contribution in [0.4, 0.5) is 13.2 Å². The highest BCUT2D eigenvalue weighted by Gasteiger charge is 2.30. The van der Waals surface area contributed by atoms with Gasteiger partial charge < -0.3 is 10.1 Å². The number of halogens is 3. The van der Waals surface area contributed by atoms with Gasteiger partial charge in [-0.15, -0.1) is 0 Å². The van der Waals surface area contributed by atoms with Crippen LogP contribution in [0.5, 0.6) is 0 Å². The summed E-state index contributed by atoms with van der Waals surface area (Å²) < 4.78 is 43.2. The van der Waals surface area contributed by atoms with Gasteiger partial charge in [-0.25, -0.2) is 9.97 Å². The van der Waals surface area contributed by atoms with E-state index in [9.17, 15) is 22.8 Å². The van der Waals surface area contributed by atoms with Gasteiger partial charge in [0.2, 0.25) is 0 Å². The van der Waals surface area contributed by atoms with E-state index in [1.54, 1.807) is 18.5 Å². The van der Waals surface area contributed by atoms with Gasteiger partial charge in [0.1, 0.15) is 0 Å². The molecular weight excluding hydrogens is 497 g/mol. The summed E-state index contributed by atoms with van der Waals surface area (Å²) in [7, 11) is 1.30. The third-order valence-corrected chi connectivity index (χ3v) is 6.90. The quantitative estimate of drug-likeness (QED) is 0.377. The molecule has 1 amide bonds. The lowest BCUT2D eigenvalue weighted by Crippen LogP contribution is -2.26. The number of aromatic nitrogens is 3. The fourth-order valence-corrected chi connectivity index (χ4v) is 4.79. The number of carbonyl (C=O) groups is 2. The maximum Gasteiger partial charge on any atom is 0.416 e. The SMILES string of the molecule is COC(=O)CCNC(=O)c1ccc(C[C@H](c2cnc(-c3ccc(C(F)(F)F)cc3)nc2)C2CCCC2)nc1. The molecule has 0 saturated heterocycles. The van der Waals surface area contributed by atoms with Crippen LogP contribution in [-0.2, 0) is 22.1 Å². The minimum Gasteiger partial charge on any atom is -0.469 e. The molecular formula is C28H29F3N4O3. The number of methoxy groups -OCH3 is 1. The molecule has 2 aromatic heterocycles. The molecule has 38 heavy (non-hydrogen) atoms. The molecule has 200 valence electrons. The first kappa shape index (κ1) is 27.2. The summed E-state index contributed by atoms with van der Waals surface area (Å²) >= 11 is 0. The maximum atomic E-state index is 12.9. The number of hydrogen-bond donors (Lipinski definition) is 1. The molecule has 1 aliphatic rings. The molecule has 0 unspecified atom stereocenters. The van der Waals surface area contributed by atoms with Crippen LogP contribution in [0.25, 0.3) is 11.4 Å². The predicted octanol–water partition coefficient (Wildman–Crippen LogP) is 5.37. The van der Waals surface area contributed by atoms with Crippen LogP contribution < -0.4 is 5.32 Å². The minimum atomic E-state index is -4.39. The molecule has 7 nitrogen and oxygen atoms in total. The van der Waals surface area contributed by atoms with Crippen LogP contribution in [0, 0.1) is 5.92 Å². The summed E-state index contributed by atoms with van der Waals surface area (Å²) in [6, 6.07) is 8.36. The number of nitrogens with zero attached hydrogens (tertiary/aromatic N) is 3. The normalized spacial score (nSPS) is 14.7. The van der Waals surface area contributed by atoms with Gasteiger partial charge in [0, 0.05) is 36.4 Å². The Balaban J connectivity index is 1.45. The van der Waals surface area contributed by atoms with Crippen molar-refractivity contribution in [2.45, 2.75) is 50.6 Å². The second kappa shape index (κ2) is 12.1. The monoisotopic (exact) mass is 526 g/mol. The second-order valence-electron chi connectivity index (χ2n) is 9.39. The first-order chi connectivity index (χ1) is 18.2. The molecule has 1 fully saturated rings. The van der Waals surface area contributed by atoms with E-state index in [1.807, 2.05) is 6.07 Å². The number of nitrogens with one attached hydrogen (secondary N) is 1. The Bertz CT molecular complexity index is 1220. The van der Waals surface area contributed by atoms with Crippen LogP contribution >= 0.6 is 0 Å². The highest BCUT2D eigenvalue weighted by Crippen LogP contribution is 2.39. The van der Waals surface area contributed by atoms with Crippen LogP contribution in [0.15, 0.2) is 55.0 Å². The molecule has 4 rings (SSSR count). The number of hydrogen-bond acceptors (Lipinski definition) is 6. The van der Waals surface area contributed by atoms with Gasteiger partial charge in [0.15, 0.2) is 5.82 Å². The van der Waals surface area contributed by atoms with Crippen LogP contribution in [-0.4, -0.2) is 40.5 Å². The van der Waals surface area contributed by atoms with Gasteiger partial charge in [-0.2, -0.15) is 13.2 Å². The molecule has 1 aliphatic carbocycles. The number of ether oxygens (including phenoxy) is 1. The molecule has 0 spiro atoms. The molecule has 1 atom stereocenters. The number of amides is 1. The third-order valence-electron chi connectivity index (χ3n) is 6.90. The first-order valence-electron chi connectivity index (χ1n) is 12.5. The predicted molar refractivity (Wildman–Crippen MR) is 134 cm³/mol. The van der Waals surface area contributed by atoms with Crippen molar-refractivity contribution in [3.63, 3.8) is 0 Å². The van der Waals surface area contributed by atoms with E-state index >= 15 is 0 Å². The highest BCUT2D eigenvalue weighted by atomic mass is 19.4.